The molecular weight excluding hydrogens is 579 g/mol. The van der Waals surface area contributed by atoms with Gasteiger partial charge in [0.2, 0.25) is 6.71 Å². The van der Waals surface area contributed by atoms with Gasteiger partial charge in [0.15, 0.2) is 0 Å². The minimum Gasteiger partial charge on any atom is -0.380 e. The molecule has 0 saturated heterocycles. The van der Waals surface area contributed by atoms with E-state index in [0.717, 1.165) is 5.69 Å². The Morgan fingerprint density at radius 3 is 1.44 bits per heavy atom. The lowest BCUT2D eigenvalue weighted by molar-refractivity contribution is 0.432. The van der Waals surface area contributed by atoms with E-state index in [1.165, 1.54) is 61.0 Å². The van der Waals surface area contributed by atoms with Crippen molar-refractivity contribution in [1.29, 1.82) is 0 Å². The van der Waals surface area contributed by atoms with Gasteiger partial charge in [-0.15, -0.1) is 0 Å². The maximum absolute atomic E-state index is 4.71. The van der Waals surface area contributed by atoms with Crippen molar-refractivity contribution in [3.63, 3.8) is 0 Å². The molecule has 0 aliphatic heterocycles. The van der Waals surface area contributed by atoms with Gasteiger partial charge in [-0.2, -0.15) is 0 Å². The van der Waals surface area contributed by atoms with Crippen molar-refractivity contribution < 1.29 is 0 Å². The Hall–Kier alpha value is -4.89. The summed E-state index contributed by atoms with van der Waals surface area (Å²) in [6.07, 6.45) is 11.3. The monoisotopic (exact) mass is 628 g/mol. The van der Waals surface area contributed by atoms with E-state index in [9.17, 15) is 0 Å². The minimum absolute atomic E-state index is 0.196. The average Bonchev–Trinajstić information content (AvgIpc) is 3.08. The van der Waals surface area contributed by atoms with Gasteiger partial charge in [-0.1, -0.05) is 165 Å². The largest absolute Gasteiger partial charge is 0.380 e. The summed E-state index contributed by atoms with van der Waals surface area (Å²) in [5.41, 5.74) is 16.3. The van der Waals surface area contributed by atoms with Gasteiger partial charge in [-0.3, -0.25) is 4.98 Å². The highest BCUT2D eigenvalue weighted by Crippen LogP contribution is 2.45. The van der Waals surface area contributed by atoms with Crippen LogP contribution < -0.4 is 10.9 Å². The summed E-state index contributed by atoms with van der Waals surface area (Å²) >= 11 is 0. The number of hydrogen-bond acceptors (Lipinski definition) is 2. The number of benzene rings is 4. The van der Waals surface area contributed by atoms with Crippen LogP contribution >= 0.6 is 0 Å². The van der Waals surface area contributed by atoms with Crippen LogP contribution in [0.15, 0.2) is 145 Å². The fourth-order valence-corrected chi connectivity index (χ4v) is 7.63. The van der Waals surface area contributed by atoms with E-state index in [4.69, 9.17) is 4.98 Å². The van der Waals surface area contributed by atoms with E-state index >= 15 is 0 Å². The van der Waals surface area contributed by atoms with Crippen molar-refractivity contribution in [1.82, 2.24) is 9.88 Å². The van der Waals surface area contributed by atoms with Gasteiger partial charge < -0.3 is 4.90 Å². The van der Waals surface area contributed by atoms with Crippen molar-refractivity contribution in [2.45, 2.75) is 47.5 Å². The Balaban J connectivity index is 0.000000314. The Bertz CT molecular complexity index is 1730. The normalized spacial score (nSPS) is 15.7. The molecule has 0 bridgehead atoms. The second-order valence-corrected chi connectivity index (χ2v) is 13.4. The molecule has 0 unspecified atom stereocenters. The zero-order chi connectivity index (χ0) is 34.2. The molecule has 2 nitrogen and oxygen atoms in total. The van der Waals surface area contributed by atoms with Gasteiger partial charge in [0.05, 0.1) is 5.69 Å². The number of nitrogens with zero attached hydrogens (tertiary/aromatic N) is 2. The van der Waals surface area contributed by atoms with E-state index < -0.39 is 0 Å². The van der Waals surface area contributed by atoms with Gasteiger partial charge in [-0.05, 0) is 65.3 Å². The van der Waals surface area contributed by atoms with Crippen molar-refractivity contribution in [3.8, 4) is 0 Å². The first-order valence-corrected chi connectivity index (χ1v) is 17.0. The summed E-state index contributed by atoms with van der Waals surface area (Å²) < 4.78 is 0. The van der Waals surface area contributed by atoms with Crippen LogP contribution in [-0.2, 0) is 0 Å². The summed E-state index contributed by atoms with van der Waals surface area (Å²) in [5, 5.41) is 0. The predicted molar refractivity (Wildman–Crippen MR) is 209 cm³/mol. The molecule has 242 valence electrons. The van der Waals surface area contributed by atoms with Crippen LogP contribution in [-0.4, -0.2) is 30.7 Å². The first-order chi connectivity index (χ1) is 23.2. The van der Waals surface area contributed by atoms with Crippen LogP contribution in [0.1, 0.15) is 50.6 Å². The van der Waals surface area contributed by atoms with E-state index in [1.54, 1.807) is 0 Å². The molecule has 2 aliphatic carbocycles. The zero-order valence-corrected chi connectivity index (χ0v) is 29.9. The third-order valence-corrected chi connectivity index (χ3v) is 9.41. The molecule has 5 aromatic rings. The molecule has 0 radical (unpaired) electrons. The molecule has 4 aromatic carbocycles. The zero-order valence-electron chi connectivity index (χ0n) is 29.9. The van der Waals surface area contributed by atoms with Crippen molar-refractivity contribution in [3.05, 3.63) is 189 Å². The Morgan fingerprint density at radius 1 is 0.583 bits per heavy atom. The summed E-state index contributed by atoms with van der Waals surface area (Å²) in [4.78, 5) is 6.99. The van der Waals surface area contributed by atoms with Crippen LogP contribution in [0.2, 0.25) is 0 Å². The highest BCUT2D eigenvalue weighted by Gasteiger charge is 2.41. The van der Waals surface area contributed by atoms with E-state index in [-0.39, 0.29) is 18.5 Å². The van der Waals surface area contributed by atoms with Gasteiger partial charge >= 0.3 is 0 Å². The second kappa shape index (κ2) is 15.8. The third kappa shape index (κ3) is 7.80. The number of likely N-dealkylation sites (N-methyl/N-ethyl adjacent to an activating group) is 1. The van der Waals surface area contributed by atoms with Crippen molar-refractivity contribution >= 4 is 23.7 Å². The molecule has 0 fully saturated rings. The van der Waals surface area contributed by atoms with Crippen molar-refractivity contribution in [2.75, 3.05) is 14.1 Å². The number of fused-ring (bicyclic) bond motifs is 3. The maximum atomic E-state index is 4.71. The topological polar surface area (TPSA) is 16.1 Å². The molecule has 0 spiro atoms. The fraction of sp³-hybridized carbons (Fsp3) is 0.222. The van der Waals surface area contributed by atoms with Gasteiger partial charge in [0.25, 0.3) is 0 Å². The lowest BCUT2D eigenvalue weighted by Crippen LogP contribution is -2.52. The van der Waals surface area contributed by atoms with Gasteiger partial charge in [0.1, 0.15) is 0 Å². The van der Waals surface area contributed by atoms with Crippen LogP contribution in [0.3, 0.4) is 0 Å². The number of allylic oxidation sites excluding steroid dienone is 5. The van der Waals surface area contributed by atoms with Crippen molar-refractivity contribution in [2.24, 2.45) is 5.92 Å². The number of aryl methyl sites for hydroxylation is 6. The molecule has 1 heterocycles. The molecule has 3 heteroatoms. The summed E-state index contributed by atoms with van der Waals surface area (Å²) in [5.74, 6) is 0.530. The first kappa shape index (κ1) is 34.4. The SMILES string of the molecule is Cc1cc(C)c(B(C2=CC=C(N(C)C)[C@@H]3c4cccnc4C=C[C@H]23)c2c(C)cc(C)cc2C)c(C)c1.c1ccccc1.c1ccccc1. The molecule has 2 atom stereocenters. The third-order valence-electron chi connectivity index (χ3n) is 9.41. The summed E-state index contributed by atoms with van der Waals surface area (Å²) in [6.45, 7) is 13.8. The average molecular weight is 629 g/mol. The molecule has 1 aromatic heterocycles. The standard InChI is InChI=1S/C33H37BN2.2C6H6/c1-20-16-22(3)32(23(4)17-20)34(33-24(5)18-21(2)19-25(33)6)28-12-14-30(36(7)8)31-26(28)11-13-29-27(31)10-9-15-35-29;2*1-2-4-6-5-3-1/h9-19,26,31H,1-8H3;2*1-6H/t26-,31+;;/m1../s1. The second-order valence-electron chi connectivity index (χ2n) is 13.4. The lowest BCUT2D eigenvalue weighted by atomic mass is 9.31. The molecule has 0 N–H and O–H groups in total. The minimum atomic E-state index is 0.196. The van der Waals surface area contributed by atoms with Crippen LogP contribution in [0, 0.1) is 47.5 Å². The number of rotatable bonds is 4. The molecule has 0 saturated carbocycles. The van der Waals surface area contributed by atoms with E-state index in [1.807, 2.05) is 79.0 Å². The van der Waals surface area contributed by atoms with Crippen LogP contribution in [0.4, 0.5) is 0 Å². The highest BCUT2D eigenvalue weighted by atomic mass is 15.1. The van der Waals surface area contributed by atoms with Crippen LogP contribution in [0.5, 0.6) is 0 Å². The van der Waals surface area contributed by atoms with E-state index in [0.29, 0.717) is 0 Å². The highest BCUT2D eigenvalue weighted by molar-refractivity contribution is 6.92. The van der Waals surface area contributed by atoms with E-state index in [2.05, 4.69) is 121 Å². The first-order valence-electron chi connectivity index (χ1n) is 17.0. The Morgan fingerprint density at radius 2 is 1.02 bits per heavy atom. The molecule has 0 amide bonds. The molecule has 48 heavy (non-hydrogen) atoms. The van der Waals surface area contributed by atoms with Crippen LogP contribution in [0.25, 0.3) is 6.08 Å². The summed E-state index contributed by atoms with van der Waals surface area (Å²) in [6, 6.07) is 37.8. The fourth-order valence-electron chi connectivity index (χ4n) is 7.63. The lowest BCUT2D eigenvalue weighted by Gasteiger charge is -2.41. The predicted octanol–water partition coefficient (Wildman–Crippen LogP) is 9.27. The Labute approximate surface area is 289 Å². The maximum Gasteiger partial charge on any atom is 0.239 e. The molecule has 2 aliphatic rings. The number of hydrogen-bond donors (Lipinski definition) is 0. The quantitative estimate of drug-likeness (QED) is 0.185. The Kier molecular flexibility index (Phi) is 11.3. The number of aromatic nitrogens is 1. The molecule has 7 rings (SSSR count). The molecular formula is C45H49BN2. The van der Waals surface area contributed by atoms with Gasteiger partial charge in [-0.25, -0.2) is 0 Å². The number of pyridine rings is 1. The van der Waals surface area contributed by atoms with Gasteiger partial charge in [0, 0.05) is 37.8 Å². The smallest absolute Gasteiger partial charge is 0.239 e. The summed E-state index contributed by atoms with van der Waals surface area (Å²) in [7, 11) is 4.33.